The van der Waals surface area contributed by atoms with Crippen molar-refractivity contribution in [1.29, 1.82) is 0 Å². The molecule has 2 aromatic rings. The van der Waals surface area contributed by atoms with Crippen LogP contribution in [0, 0.1) is 3.57 Å². The summed E-state index contributed by atoms with van der Waals surface area (Å²) in [5.74, 6) is -0.457. The van der Waals surface area contributed by atoms with Crippen LogP contribution in [0.3, 0.4) is 0 Å². The molecule has 2 amide bonds. The molecule has 0 atom stereocenters. The summed E-state index contributed by atoms with van der Waals surface area (Å²) < 4.78 is 6.09. The molecule has 0 bridgehead atoms. The standard InChI is InChI=1S/C17H17IN2O3/c1-2-23-16(21)14-8-3-4-9-15(14)20-17(22)19-11-12-6-5-7-13(18)10-12/h3-10H,2,11H2,1H3,(H2,19,20,22). The Morgan fingerprint density at radius 3 is 2.65 bits per heavy atom. The number of para-hydroxylation sites is 1. The molecule has 5 nitrogen and oxygen atoms in total. The second kappa shape index (κ2) is 8.52. The van der Waals surface area contributed by atoms with Gasteiger partial charge in [-0.25, -0.2) is 9.59 Å². The Kier molecular flexibility index (Phi) is 6.40. The van der Waals surface area contributed by atoms with Crippen molar-refractivity contribution in [3.63, 3.8) is 0 Å². The van der Waals surface area contributed by atoms with Gasteiger partial charge in [0.1, 0.15) is 0 Å². The average Bonchev–Trinajstić information content (AvgIpc) is 2.54. The molecule has 0 aliphatic carbocycles. The normalized spacial score (nSPS) is 10.0. The van der Waals surface area contributed by atoms with Gasteiger partial charge in [0, 0.05) is 10.1 Å². The highest BCUT2D eigenvalue weighted by Gasteiger charge is 2.13. The van der Waals surface area contributed by atoms with Crippen LogP contribution in [0.4, 0.5) is 10.5 Å². The molecule has 0 spiro atoms. The Morgan fingerprint density at radius 2 is 1.91 bits per heavy atom. The monoisotopic (exact) mass is 424 g/mol. The fraction of sp³-hybridized carbons (Fsp3) is 0.176. The van der Waals surface area contributed by atoms with E-state index >= 15 is 0 Å². The van der Waals surface area contributed by atoms with Crippen LogP contribution < -0.4 is 10.6 Å². The largest absolute Gasteiger partial charge is 0.462 e. The quantitative estimate of drug-likeness (QED) is 0.567. The minimum absolute atomic E-state index is 0.284. The number of nitrogens with one attached hydrogen (secondary N) is 2. The number of hydrogen-bond donors (Lipinski definition) is 2. The fourth-order valence-electron chi connectivity index (χ4n) is 1.97. The maximum absolute atomic E-state index is 12.0. The van der Waals surface area contributed by atoms with E-state index in [4.69, 9.17) is 4.74 Å². The number of benzene rings is 2. The Hall–Kier alpha value is -2.09. The highest BCUT2D eigenvalue weighted by Crippen LogP contribution is 2.16. The Balaban J connectivity index is 1.99. The summed E-state index contributed by atoms with van der Waals surface area (Å²) in [7, 11) is 0. The third-order valence-corrected chi connectivity index (χ3v) is 3.68. The molecule has 0 aliphatic rings. The summed E-state index contributed by atoms with van der Waals surface area (Å²) in [5.41, 5.74) is 1.76. The van der Waals surface area contributed by atoms with Crippen LogP contribution in [-0.4, -0.2) is 18.6 Å². The number of anilines is 1. The molecule has 0 unspecified atom stereocenters. The van der Waals surface area contributed by atoms with Crippen molar-refractivity contribution in [3.8, 4) is 0 Å². The molecule has 0 fully saturated rings. The van der Waals surface area contributed by atoms with Crippen LogP contribution in [-0.2, 0) is 11.3 Å². The predicted octanol–water partition coefficient (Wildman–Crippen LogP) is 3.79. The first kappa shape index (κ1) is 17.3. The maximum Gasteiger partial charge on any atom is 0.340 e. The summed E-state index contributed by atoms with van der Waals surface area (Å²) in [6.07, 6.45) is 0. The van der Waals surface area contributed by atoms with Gasteiger partial charge >= 0.3 is 12.0 Å². The minimum Gasteiger partial charge on any atom is -0.462 e. The molecule has 2 rings (SSSR count). The SMILES string of the molecule is CCOC(=O)c1ccccc1NC(=O)NCc1cccc(I)c1. The van der Waals surface area contributed by atoms with E-state index in [0.29, 0.717) is 17.8 Å². The number of hydrogen-bond acceptors (Lipinski definition) is 3. The molecular formula is C17H17IN2O3. The van der Waals surface area contributed by atoms with Crippen LogP contribution in [0.2, 0.25) is 0 Å². The highest BCUT2D eigenvalue weighted by molar-refractivity contribution is 14.1. The molecule has 2 aromatic carbocycles. The summed E-state index contributed by atoms with van der Waals surface area (Å²) in [6, 6.07) is 14.2. The second-order valence-corrected chi connectivity index (χ2v) is 5.95. The van der Waals surface area contributed by atoms with Gasteiger partial charge in [0.15, 0.2) is 0 Å². The van der Waals surface area contributed by atoms with Gasteiger partial charge in [-0.15, -0.1) is 0 Å². The Morgan fingerprint density at radius 1 is 1.13 bits per heavy atom. The lowest BCUT2D eigenvalue weighted by Gasteiger charge is -2.11. The second-order valence-electron chi connectivity index (χ2n) is 4.70. The van der Waals surface area contributed by atoms with E-state index in [0.717, 1.165) is 9.13 Å². The van der Waals surface area contributed by atoms with E-state index in [-0.39, 0.29) is 12.6 Å². The summed E-state index contributed by atoms with van der Waals surface area (Å²) in [6.45, 7) is 2.43. The number of urea groups is 1. The lowest BCUT2D eigenvalue weighted by atomic mass is 10.2. The van der Waals surface area contributed by atoms with E-state index in [1.54, 1.807) is 31.2 Å². The lowest BCUT2D eigenvalue weighted by Crippen LogP contribution is -2.29. The van der Waals surface area contributed by atoms with Gasteiger partial charge < -0.3 is 15.4 Å². The summed E-state index contributed by atoms with van der Waals surface area (Å²) in [5, 5.41) is 5.45. The molecule has 0 aliphatic heterocycles. The van der Waals surface area contributed by atoms with Crippen LogP contribution in [0.1, 0.15) is 22.8 Å². The summed E-state index contributed by atoms with van der Waals surface area (Å²) in [4.78, 5) is 23.9. The van der Waals surface area contributed by atoms with Crippen molar-refractivity contribution in [2.24, 2.45) is 0 Å². The number of ether oxygens (including phenoxy) is 1. The first-order valence-electron chi connectivity index (χ1n) is 7.15. The third kappa shape index (κ3) is 5.24. The molecule has 0 aromatic heterocycles. The van der Waals surface area contributed by atoms with Crippen LogP contribution in [0.15, 0.2) is 48.5 Å². The predicted molar refractivity (Wildman–Crippen MR) is 97.4 cm³/mol. The molecule has 23 heavy (non-hydrogen) atoms. The van der Waals surface area contributed by atoms with Crippen LogP contribution in [0.5, 0.6) is 0 Å². The first-order valence-corrected chi connectivity index (χ1v) is 8.23. The lowest BCUT2D eigenvalue weighted by molar-refractivity contribution is 0.0527. The van der Waals surface area contributed by atoms with Gasteiger partial charge in [-0.1, -0.05) is 24.3 Å². The molecule has 0 radical (unpaired) electrons. The highest BCUT2D eigenvalue weighted by atomic mass is 127. The number of rotatable bonds is 5. The molecule has 0 saturated heterocycles. The number of halogens is 1. The minimum atomic E-state index is -0.457. The number of carbonyl (C=O) groups excluding carboxylic acids is 2. The van der Waals surface area contributed by atoms with E-state index < -0.39 is 5.97 Å². The maximum atomic E-state index is 12.0. The van der Waals surface area contributed by atoms with Gasteiger partial charge in [0.2, 0.25) is 0 Å². The van der Waals surface area contributed by atoms with Crippen molar-refractivity contribution in [3.05, 3.63) is 63.2 Å². The molecular weight excluding hydrogens is 407 g/mol. The molecule has 0 saturated carbocycles. The number of carbonyl (C=O) groups is 2. The zero-order valence-corrected chi connectivity index (χ0v) is 14.8. The van der Waals surface area contributed by atoms with Gasteiger partial charge in [-0.3, -0.25) is 0 Å². The number of esters is 1. The first-order chi connectivity index (χ1) is 11.1. The third-order valence-electron chi connectivity index (χ3n) is 3.01. The average molecular weight is 424 g/mol. The van der Waals surface area contributed by atoms with E-state index in [1.807, 2.05) is 24.3 Å². The van der Waals surface area contributed by atoms with E-state index in [2.05, 4.69) is 33.2 Å². The van der Waals surface area contributed by atoms with Crippen molar-refractivity contribution in [2.75, 3.05) is 11.9 Å². The van der Waals surface area contributed by atoms with Crippen molar-refractivity contribution >= 4 is 40.3 Å². The van der Waals surface area contributed by atoms with Crippen molar-refractivity contribution < 1.29 is 14.3 Å². The molecule has 2 N–H and O–H groups in total. The molecule has 120 valence electrons. The number of amides is 2. The topological polar surface area (TPSA) is 67.4 Å². The zero-order valence-electron chi connectivity index (χ0n) is 12.6. The van der Waals surface area contributed by atoms with E-state index in [1.165, 1.54) is 0 Å². The smallest absolute Gasteiger partial charge is 0.340 e. The van der Waals surface area contributed by atoms with E-state index in [9.17, 15) is 9.59 Å². The van der Waals surface area contributed by atoms with Gasteiger partial charge in [0.25, 0.3) is 0 Å². The van der Waals surface area contributed by atoms with Crippen LogP contribution >= 0.6 is 22.6 Å². The van der Waals surface area contributed by atoms with Gasteiger partial charge in [0.05, 0.1) is 17.9 Å². The Bertz CT molecular complexity index is 704. The summed E-state index contributed by atoms with van der Waals surface area (Å²) >= 11 is 2.22. The fourth-order valence-corrected chi connectivity index (χ4v) is 2.58. The van der Waals surface area contributed by atoms with Gasteiger partial charge in [-0.2, -0.15) is 0 Å². The zero-order chi connectivity index (χ0) is 16.7. The molecule has 0 heterocycles. The molecule has 6 heteroatoms. The van der Waals surface area contributed by atoms with Crippen molar-refractivity contribution in [2.45, 2.75) is 13.5 Å². The van der Waals surface area contributed by atoms with Crippen LogP contribution in [0.25, 0.3) is 0 Å². The van der Waals surface area contributed by atoms with Gasteiger partial charge in [-0.05, 0) is 59.3 Å². The Labute approximate surface area is 148 Å². The van der Waals surface area contributed by atoms with Crippen molar-refractivity contribution in [1.82, 2.24) is 5.32 Å².